The van der Waals surface area contributed by atoms with E-state index in [2.05, 4.69) is 29.6 Å². The number of nitrogens with zero attached hydrogens (tertiary/aromatic N) is 1. The molecule has 67 heavy (non-hydrogen) atoms. The zero-order chi connectivity index (χ0) is 47.1. The molecule has 5 aromatic rings. The van der Waals surface area contributed by atoms with Crippen molar-refractivity contribution >= 4 is 21.8 Å². The van der Waals surface area contributed by atoms with Crippen LogP contribution in [0.2, 0.25) is 0 Å². The van der Waals surface area contributed by atoms with E-state index in [1.165, 1.54) is 11.1 Å². The van der Waals surface area contributed by atoms with E-state index in [1.807, 2.05) is 117 Å². The summed E-state index contributed by atoms with van der Waals surface area (Å²) < 4.78 is 68.5. The highest BCUT2D eigenvalue weighted by Gasteiger charge is 2.44. The fourth-order valence-electron chi connectivity index (χ4n) is 8.97. The first kappa shape index (κ1) is 49.4. The van der Waals surface area contributed by atoms with Gasteiger partial charge in [0, 0.05) is 31.5 Å². The van der Waals surface area contributed by atoms with Gasteiger partial charge in [-0.25, -0.2) is 9.36 Å². The summed E-state index contributed by atoms with van der Waals surface area (Å²) in [5.74, 6) is 1.21. The second kappa shape index (κ2) is 24.0. The fraction of sp³-hybridized carbons (Fsp3) is 0.385. The van der Waals surface area contributed by atoms with Crippen molar-refractivity contribution < 1.29 is 51.4 Å². The molecule has 1 saturated heterocycles. The van der Waals surface area contributed by atoms with E-state index in [-0.39, 0.29) is 50.7 Å². The monoisotopic (exact) mass is 930 g/mol. The highest BCUT2D eigenvalue weighted by Crippen LogP contribution is 2.53. The fourth-order valence-corrected chi connectivity index (χ4v) is 10.4. The SMILES string of the molecule is B[C@H]1CC(OP(=O)(OCCC#N)OCC(CCCCNC(=O)OCC2c3ccccc3-c3ccccc32)COC)[C@@H](COC(c2ccccc2)(c2ccc(OC)cc2)c2ccc(OC)cc2)O1. The second-order valence-electron chi connectivity index (χ2n) is 16.7. The summed E-state index contributed by atoms with van der Waals surface area (Å²) >= 11 is 0. The Bertz CT molecular complexity index is 2340. The highest BCUT2D eigenvalue weighted by atomic mass is 31.2. The Hall–Kier alpha value is -5.49. The number of amides is 1. The van der Waals surface area contributed by atoms with Crippen LogP contribution < -0.4 is 14.8 Å². The minimum absolute atomic E-state index is 0.00777. The number of benzene rings is 5. The lowest BCUT2D eigenvalue weighted by Crippen LogP contribution is -2.38. The molecule has 1 heterocycles. The number of carbonyl (C=O) groups excluding carboxylic acids is 1. The smallest absolute Gasteiger partial charge is 0.475 e. The van der Waals surface area contributed by atoms with Crippen LogP contribution in [-0.4, -0.2) is 93.1 Å². The number of rotatable bonds is 25. The first-order chi connectivity index (χ1) is 32.7. The van der Waals surface area contributed by atoms with Gasteiger partial charge in [-0.1, -0.05) is 110 Å². The number of phosphoric ester groups is 1. The lowest BCUT2D eigenvalue weighted by molar-refractivity contribution is -0.0749. The average Bonchev–Trinajstić information content (AvgIpc) is 3.88. The van der Waals surface area contributed by atoms with Gasteiger partial charge in [-0.2, -0.15) is 5.26 Å². The van der Waals surface area contributed by atoms with Crippen LogP contribution in [0.4, 0.5) is 4.79 Å². The summed E-state index contributed by atoms with van der Waals surface area (Å²) in [5.41, 5.74) is 6.11. The normalized spacial score (nSPS) is 18.0. The highest BCUT2D eigenvalue weighted by molar-refractivity contribution is 7.48. The number of carbonyl (C=O) groups is 1. The van der Waals surface area contributed by atoms with Crippen LogP contribution in [0.25, 0.3) is 11.1 Å². The van der Waals surface area contributed by atoms with Crippen LogP contribution in [0.3, 0.4) is 0 Å². The molecule has 1 amide bonds. The number of hydrogen-bond acceptors (Lipinski definition) is 12. The first-order valence-electron chi connectivity index (χ1n) is 22.9. The van der Waals surface area contributed by atoms with Crippen LogP contribution in [0.5, 0.6) is 11.5 Å². The molecular formula is C52H60BN2O11P. The number of nitrogens with one attached hydrogen (secondary N) is 1. The lowest BCUT2D eigenvalue weighted by Gasteiger charge is -2.37. The molecular weight excluding hydrogens is 870 g/mol. The molecule has 1 aliphatic heterocycles. The van der Waals surface area contributed by atoms with E-state index >= 15 is 0 Å². The molecule has 1 aliphatic carbocycles. The zero-order valence-corrected chi connectivity index (χ0v) is 39.6. The van der Waals surface area contributed by atoms with Gasteiger partial charge in [0.15, 0.2) is 0 Å². The summed E-state index contributed by atoms with van der Waals surface area (Å²) in [6.07, 6.45) is 0.544. The molecule has 0 bridgehead atoms. The number of phosphoric acid groups is 1. The standard InChI is InChI=1S/C52H60BN2O11P/c1-58-33-37(14-11-12-30-55-51(56)61-35-47-45-19-9-7-17-43(45)44-18-8-10-20-46(44)47)34-64-67(57,63-31-13-29-54)66-48-32-50(53)65-49(48)36-62-52(38-15-5-4-6-16-38,39-21-25-41(59-2)26-22-39)40-23-27-42(60-3)28-24-40/h4-10,15-28,37,47-50H,11-14,30-36,53H2,1-3H3,(H,55,56)/t37?,48?,49-,50-,67?/m1/s1. The van der Waals surface area contributed by atoms with Crippen LogP contribution >= 0.6 is 7.82 Å². The van der Waals surface area contributed by atoms with E-state index in [4.69, 9.17) is 42.0 Å². The van der Waals surface area contributed by atoms with Gasteiger partial charge in [-0.3, -0.25) is 13.6 Å². The van der Waals surface area contributed by atoms with Crippen LogP contribution in [0, 0.1) is 17.2 Å². The quantitative estimate of drug-likeness (QED) is 0.0257. The van der Waals surface area contributed by atoms with E-state index in [1.54, 1.807) is 21.3 Å². The lowest BCUT2D eigenvalue weighted by atomic mass is 9.80. The minimum Gasteiger partial charge on any atom is -0.497 e. The van der Waals surface area contributed by atoms with Gasteiger partial charge in [0.1, 0.15) is 37.7 Å². The van der Waals surface area contributed by atoms with Crippen LogP contribution in [0.15, 0.2) is 127 Å². The Morgan fingerprint density at radius 1 is 0.791 bits per heavy atom. The largest absolute Gasteiger partial charge is 0.497 e. The number of unbranched alkanes of at least 4 members (excludes halogenated alkanes) is 1. The molecule has 7 rings (SSSR count). The molecule has 15 heteroatoms. The molecule has 3 unspecified atom stereocenters. The molecule has 5 atom stereocenters. The summed E-state index contributed by atoms with van der Waals surface area (Å²) in [7, 11) is 2.52. The molecule has 1 fully saturated rings. The number of methoxy groups -OCH3 is 3. The Balaban J connectivity index is 0.975. The molecule has 352 valence electrons. The van der Waals surface area contributed by atoms with Gasteiger partial charge >= 0.3 is 13.9 Å². The third kappa shape index (κ3) is 12.4. The molecule has 2 aliphatic rings. The van der Waals surface area contributed by atoms with Crippen molar-refractivity contribution in [3.8, 4) is 28.7 Å². The van der Waals surface area contributed by atoms with Crippen molar-refractivity contribution in [2.45, 2.75) is 61.8 Å². The van der Waals surface area contributed by atoms with Crippen molar-refractivity contribution in [2.75, 3.05) is 60.9 Å². The molecule has 5 aromatic carbocycles. The van der Waals surface area contributed by atoms with Gasteiger partial charge in [0.2, 0.25) is 0 Å². The average molecular weight is 931 g/mol. The number of ether oxygens (including phenoxy) is 6. The van der Waals surface area contributed by atoms with E-state index in [0.717, 1.165) is 34.2 Å². The van der Waals surface area contributed by atoms with Gasteiger partial charge < -0.3 is 33.7 Å². The van der Waals surface area contributed by atoms with Gasteiger partial charge in [0.25, 0.3) is 0 Å². The summed E-state index contributed by atoms with van der Waals surface area (Å²) in [6.45, 7) is 0.885. The van der Waals surface area contributed by atoms with Gasteiger partial charge in [0.05, 0.1) is 59.2 Å². The molecule has 0 aromatic heterocycles. The third-order valence-corrected chi connectivity index (χ3v) is 13.8. The van der Waals surface area contributed by atoms with E-state index in [9.17, 15) is 14.6 Å². The molecule has 13 nitrogen and oxygen atoms in total. The predicted octanol–water partition coefficient (Wildman–Crippen LogP) is 9.17. The van der Waals surface area contributed by atoms with Crippen LogP contribution in [-0.2, 0) is 42.7 Å². The molecule has 0 spiro atoms. The number of nitriles is 1. The first-order valence-corrected chi connectivity index (χ1v) is 24.3. The Morgan fingerprint density at radius 2 is 1.39 bits per heavy atom. The van der Waals surface area contributed by atoms with Crippen molar-refractivity contribution in [1.29, 1.82) is 5.26 Å². The van der Waals surface area contributed by atoms with Gasteiger partial charge in [-0.15, -0.1) is 0 Å². The number of hydrogen-bond donors (Lipinski definition) is 1. The molecule has 1 N–H and O–H groups in total. The minimum atomic E-state index is -4.26. The Labute approximate surface area is 395 Å². The zero-order valence-electron chi connectivity index (χ0n) is 38.7. The maximum Gasteiger partial charge on any atom is 0.475 e. The number of fused-ring (bicyclic) bond motifs is 3. The van der Waals surface area contributed by atoms with Gasteiger partial charge in [-0.05, 0) is 82.5 Å². The summed E-state index contributed by atoms with van der Waals surface area (Å²) in [5, 5.41) is 12.2. The Morgan fingerprint density at radius 3 is 1.99 bits per heavy atom. The molecule has 0 saturated carbocycles. The van der Waals surface area contributed by atoms with Crippen LogP contribution in [0.1, 0.15) is 65.8 Å². The maximum absolute atomic E-state index is 14.5. The second-order valence-corrected chi connectivity index (χ2v) is 18.4. The van der Waals surface area contributed by atoms with Crippen molar-refractivity contribution in [1.82, 2.24) is 5.32 Å². The Kier molecular flexibility index (Phi) is 17.7. The van der Waals surface area contributed by atoms with E-state index in [0.29, 0.717) is 43.9 Å². The summed E-state index contributed by atoms with van der Waals surface area (Å²) in [4.78, 5) is 12.8. The third-order valence-electron chi connectivity index (χ3n) is 12.3. The molecule has 0 radical (unpaired) electrons. The maximum atomic E-state index is 14.5. The van der Waals surface area contributed by atoms with E-state index < -0.39 is 31.7 Å². The van der Waals surface area contributed by atoms with Crippen molar-refractivity contribution in [3.05, 3.63) is 155 Å². The summed E-state index contributed by atoms with van der Waals surface area (Å²) in [6, 6.07) is 43.6. The van der Waals surface area contributed by atoms with Crippen molar-refractivity contribution in [3.63, 3.8) is 0 Å². The predicted molar refractivity (Wildman–Crippen MR) is 257 cm³/mol. The number of alkyl carbamates (subject to hydrolysis) is 1. The topological polar surface area (TPSA) is 153 Å². The van der Waals surface area contributed by atoms with Crippen molar-refractivity contribution in [2.24, 2.45) is 5.92 Å².